The third kappa shape index (κ3) is 4.64. The number of thioether (sulfide) groups is 1. The standard InChI is InChI=1S/C16H25N3OS/c1-17-16(19-9-8-14(11-19)12-20-2)18-10-13-4-6-15(21-3)7-5-13/h4-7,14H,8-12H2,1-3H3,(H,17,18). The number of guanidine groups is 1. The van der Waals surface area contributed by atoms with Gasteiger partial charge in [-0.1, -0.05) is 12.1 Å². The van der Waals surface area contributed by atoms with Gasteiger partial charge >= 0.3 is 0 Å². The molecule has 0 saturated carbocycles. The molecule has 1 saturated heterocycles. The van der Waals surface area contributed by atoms with Crippen LogP contribution in [0.4, 0.5) is 0 Å². The minimum Gasteiger partial charge on any atom is -0.384 e. The molecule has 1 N–H and O–H groups in total. The maximum absolute atomic E-state index is 5.25. The van der Waals surface area contributed by atoms with Crippen LogP contribution in [-0.4, -0.2) is 51.0 Å². The molecule has 4 nitrogen and oxygen atoms in total. The highest BCUT2D eigenvalue weighted by atomic mass is 32.2. The van der Waals surface area contributed by atoms with Crippen LogP contribution in [0.5, 0.6) is 0 Å². The lowest BCUT2D eigenvalue weighted by Gasteiger charge is -2.21. The summed E-state index contributed by atoms with van der Waals surface area (Å²) in [5.41, 5.74) is 1.28. The number of aliphatic imine (C=N–C) groups is 1. The highest BCUT2D eigenvalue weighted by molar-refractivity contribution is 7.98. The molecule has 0 spiro atoms. The van der Waals surface area contributed by atoms with E-state index in [1.807, 2.05) is 7.05 Å². The van der Waals surface area contributed by atoms with Gasteiger partial charge in [-0.15, -0.1) is 11.8 Å². The summed E-state index contributed by atoms with van der Waals surface area (Å²) in [6.45, 7) is 3.73. The van der Waals surface area contributed by atoms with Gasteiger partial charge in [0.2, 0.25) is 0 Å². The fourth-order valence-electron chi connectivity index (χ4n) is 2.65. The quantitative estimate of drug-likeness (QED) is 0.515. The fourth-order valence-corrected chi connectivity index (χ4v) is 3.06. The Morgan fingerprint density at radius 1 is 1.43 bits per heavy atom. The van der Waals surface area contributed by atoms with Crippen molar-refractivity contribution in [3.63, 3.8) is 0 Å². The Morgan fingerprint density at radius 2 is 2.19 bits per heavy atom. The first-order chi connectivity index (χ1) is 10.3. The summed E-state index contributed by atoms with van der Waals surface area (Å²) in [6.07, 6.45) is 3.27. The highest BCUT2D eigenvalue weighted by Crippen LogP contribution is 2.17. The van der Waals surface area contributed by atoms with E-state index >= 15 is 0 Å². The number of ether oxygens (including phenoxy) is 1. The van der Waals surface area contributed by atoms with Gasteiger partial charge < -0.3 is 15.0 Å². The molecule has 1 fully saturated rings. The zero-order chi connectivity index (χ0) is 15.1. The minimum absolute atomic E-state index is 0.620. The summed E-state index contributed by atoms with van der Waals surface area (Å²) >= 11 is 1.77. The maximum Gasteiger partial charge on any atom is 0.193 e. The van der Waals surface area contributed by atoms with E-state index in [4.69, 9.17) is 4.74 Å². The van der Waals surface area contributed by atoms with E-state index in [1.165, 1.54) is 16.9 Å². The Balaban J connectivity index is 1.85. The van der Waals surface area contributed by atoms with E-state index in [1.54, 1.807) is 18.9 Å². The van der Waals surface area contributed by atoms with Crippen molar-refractivity contribution in [1.29, 1.82) is 0 Å². The molecule has 1 atom stereocenters. The lowest BCUT2D eigenvalue weighted by atomic mass is 10.1. The van der Waals surface area contributed by atoms with E-state index < -0.39 is 0 Å². The van der Waals surface area contributed by atoms with Crippen LogP contribution in [0.15, 0.2) is 34.2 Å². The zero-order valence-corrected chi connectivity index (χ0v) is 13.9. The topological polar surface area (TPSA) is 36.9 Å². The number of nitrogens with one attached hydrogen (secondary N) is 1. The smallest absolute Gasteiger partial charge is 0.193 e. The van der Waals surface area contributed by atoms with Crippen LogP contribution in [0.1, 0.15) is 12.0 Å². The lowest BCUT2D eigenvalue weighted by Crippen LogP contribution is -2.39. The van der Waals surface area contributed by atoms with Crippen LogP contribution in [-0.2, 0) is 11.3 Å². The van der Waals surface area contributed by atoms with Gasteiger partial charge in [-0.2, -0.15) is 0 Å². The summed E-state index contributed by atoms with van der Waals surface area (Å²) in [6, 6.07) is 8.66. The van der Waals surface area contributed by atoms with Gasteiger partial charge in [-0.05, 0) is 30.4 Å². The zero-order valence-electron chi connectivity index (χ0n) is 13.1. The van der Waals surface area contributed by atoms with Gasteiger partial charge in [0.1, 0.15) is 0 Å². The molecule has 1 heterocycles. The molecule has 2 rings (SSSR count). The molecular weight excluding hydrogens is 282 g/mol. The van der Waals surface area contributed by atoms with Crippen molar-refractivity contribution in [3.05, 3.63) is 29.8 Å². The molecule has 1 aromatic carbocycles. The monoisotopic (exact) mass is 307 g/mol. The first-order valence-corrected chi connectivity index (χ1v) is 8.56. The SMILES string of the molecule is CN=C(NCc1ccc(SC)cc1)N1CCC(COC)C1. The van der Waals surface area contributed by atoms with E-state index in [2.05, 4.69) is 45.7 Å². The van der Waals surface area contributed by atoms with E-state index in [0.717, 1.165) is 32.2 Å². The van der Waals surface area contributed by atoms with Crippen molar-refractivity contribution in [2.45, 2.75) is 17.9 Å². The van der Waals surface area contributed by atoms with Crippen molar-refractivity contribution >= 4 is 17.7 Å². The summed E-state index contributed by atoms with van der Waals surface area (Å²) in [7, 11) is 3.62. The summed E-state index contributed by atoms with van der Waals surface area (Å²) < 4.78 is 5.25. The molecule has 0 bridgehead atoms. The van der Waals surface area contributed by atoms with E-state index in [0.29, 0.717) is 5.92 Å². The molecule has 0 aliphatic carbocycles. The van der Waals surface area contributed by atoms with Crippen LogP contribution in [0, 0.1) is 5.92 Å². The van der Waals surface area contributed by atoms with Crippen LogP contribution in [0.25, 0.3) is 0 Å². The van der Waals surface area contributed by atoms with Crippen molar-refractivity contribution in [3.8, 4) is 0 Å². The Bertz CT molecular complexity index is 461. The predicted octanol–water partition coefficient (Wildman–Crippen LogP) is 2.45. The number of nitrogens with zero attached hydrogens (tertiary/aromatic N) is 2. The third-order valence-electron chi connectivity index (χ3n) is 3.81. The third-order valence-corrected chi connectivity index (χ3v) is 4.55. The first-order valence-electron chi connectivity index (χ1n) is 7.34. The molecule has 21 heavy (non-hydrogen) atoms. The number of benzene rings is 1. The molecule has 0 radical (unpaired) electrons. The Labute approximate surface area is 132 Å². The van der Waals surface area contributed by atoms with Crippen LogP contribution in [0.2, 0.25) is 0 Å². The maximum atomic E-state index is 5.25. The molecule has 1 aliphatic heterocycles. The Kier molecular flexibility index (Phi) is 6.39. The molecule has 5 heteroatoms. The first kappa shape index (κ1) is 16.2. The number of rotatable bonds is 5. The van der Waals surface area contributed by atoms with Crippen LogP contribution < -0.4 is 5.32 Å². The minimum atomic E-state index is 0.620. The normalized spacial score (nSPS) is 19.1. The number of hydrogen-bond acceptors (Lipinski definition) is 3. The summed E-state index contributed by atoms with van der Waals surface area (Å²) in [5, 5.41) is 3.46. The highest BCUT2D eigenvalue weighted by Gasteiger charge is 2.24. The van der Waals surface area contributed by atoms with Gasteiger partial charge in [-0.3, -0.25) is 4.99 Å². The van der Waals surface area contributed by atoms with Crippen molar-refractivity contribution in [1.82, 2.24) is 10.2 Å². The molecule has 1 aliphatic rings. The second kappa shape index (κ2) is 8.29. The summed E-state index contributed by atoms with van der Waals surface area (Å²) in [5.74, 6) is 1.61. The second-order valence-electron chi connectivity index (χ2n) is 5.30. The van der Waals surface area contributed by atoms with E-state index in [9.17, 15) is 0 Å². The molecule has 116 valence electrons. The molecule has 0 aromatic heterocycles. The largest absolute Gasteiger partial charge is 0.384 e. The fraction of sp³-hybridized carbons (Fsp3) is 0.562. The number of hydrogen-bond donors (Lipinski definition) is 1. The molecule has 1 aromatic rings. The van der Waals surface area contributed by atoms with Crippen LogP contribution >= 0.6 is 11.8 Å². The average Bonchev–Trinajstić information content (AvgIpc) is 2.97. The van der Waals surface area contributed by atoms with Gasteiger partial charge in [0.25, 0.3) is 0 Å². The van der Waals surface area contributed by atoms with Gasteiger partial charge in [0.05, 0.1) is 6.61 Å². The Morgan fingerprint density at radius 3 is 2.81 bits per heavy atom. The average molecular weight is 307 g/mol. The van der Waals surface area contributed by atoms with Crippen molar-refractivity contribution < 1.29 is 4.74 Å². The summed E-state index contributed by atoms with van der Waals surface area (Å²) in [4.78, 5) is 8.02. The molecule has 0 amide bonds. The lowest BCUT2D eigenvalue weighted by molar-refractivity contribution is 0.157. The molecular formula is C16H25N3OS. The van der Waals surface area contributed by atoms with E-state index in [-0.39, 0.29) is 0 Å². The molecule has 1 unspecified atom stereocenters. The van der Waals surface area contributed by atoms with Crippen molar-refractivity contribution in [2.24, 2.45) is 10.9 Å². The number of methoxy groups -OCH3 is 1. The van der Waals surface area contributed by atoms with Gasteiger partial charge in [-0.25, -0.2) is 0 Å². The van der Waals surface area contributed by atoms with Crippen LogP contribution in [0.3, 0.4) is 0 Å². The Hall–Kier alpha value is -1.20. The predicted molar refractivity (Wildman–Crippen MR) is 90.0 cm³/mol. The van der Waals surface area contributed by atoms with Gasteiger partial charge in [0, 0.05) is 44.6 Å². The number of likely N-dealkylation sites (tertiary alicyclic amines) is 1. The second-order valence-corrected chi connectivity index (χ2v) is 6.18. The van der Waals surface area contributed by atoms with Gasteiger partial charge in [0.15, 0.2) is 5.96 Å². The van der Waals surface area contributed by atoms with Crippen molar-refractivity contribution in [2.75, 3.05) is 40.1 Å².